The molecule has 1 fully saturated rings. The Labute approximate surface area is 125 Å². The summed E-state index contributed by atoms with van der Waals surface area (Å²) in [5, 5.41) is 0. The van der Waals surface area contributed by atoms with E-state index in [4.69, 9.17) is 12.2 Å². The Morgan fingerprint density at radius 1 is 1.32 bits per heavy atom. The van der Waals surface area contributed by atoms with Crippen LogP contribution < -0.4 is 0 Å². The maximum atomic E-state index is 13.8. The predicted molar refractivity (Wildman–Crippen MR) is 81.4 cm³/mol. The first kappa shape index (κ1) is 13.3. The van der Waals surface area contributed by atoms with E-state index in [2.05, 4.69) is 32.4 Å². The van der Waals surface area contributed by atoms with Crippen molar-refractivity contribution in [1.29, 1.82) is 0 Å². The number of fused-ring (bicyclic) bond motifs is 1. The third kappa shape index (κ3) is 2.38. The van der Waals surface area contributed by atoms with Gasteiger partial charge in [0.15, 0.2) is 4.77 Å². The fraction of sp³-hybridized carbons (Fsp3) is 0.500. The van der Waals surface area contributed by atoms with E-state index in [-0.39, 0.29) is 5.82 Å². The maximum Gasteiger partial charge on any atom is 0.178 e. The number of H-pyrrole nitrogens is 1. The number of nitrogens with one attached hydrogen (secondary N) is 1. The van der Waals surface area contributed by atoms with Crippen LogP contribution in [0.5, 0.6) is 0 Å². The molecule has 1 heterocycles. The van der Waals surface area contributed by atoms with Gasteiger partial charge in [-0.2, -0.15) is 0 Å². The molecule has 2 aromatic rings. The summed E-state index contributed by atoms with van der Waals surface area (Å²) in [6.45, 7) is 2.29. The van der Waals surface area contributed by atoms with Crippen LogP contribution in [0.3, 0.4) is 0 Å². The molecule has 0 atom stereocenters. The molecule has 0 amide bonds. The van der Waals surface area contributed by atoms with Crippen molar-refractivity contribution in [3.8, 4) is 0 Å². The lowest BCUT2D eigenvalue weighted by atomic mass is 9.87. The SMILES string of the molecule is CC1CCC(n2c(=S)[nH]c3cc(Br)c(F)cc32)CC1. The Morgan fingerprint density at radius 2 is 2.00 bits per heavy atom. The van der Waals surface area contributed by atoms with Crippen molar-refractivity contribution in [1.82, 2.24) is 9.55 Å². The Balaban J connectivity index is 2.10. The third-order valence-electron chi connectivity index (χ3n) is 4.11. The number of hydrogen-bond acceptors (Lipinski definition) is 1. The lowest BCUT2D eigenvalue weighted by Crippen LogP contribution is -2.16. The Morgan fingerprint density at radius 3 is 2.68 bits per heavy atom. The average Bonchev–Trinajstić information content (AvgIpc) is 2.67. The van der Waals surface area contributed by atoms with Crippen LogP contribution in [0.15, 0.2) is 16.6 Å². The van der Waals surface area contributed by atoms with E-state index < -0.39 is 0 Å². The van der Waals surface area contributed by atoms with Gasteiger partial charge in [0, 0.05) is 12.1 Å². The number of hydrogen-bond donors (Lipinski definition) is 1. The fourth-order valence-corrected chi connectivity index (χ4v) is 3.68. The maximum absolute atomic E-state index is 13.8. The number of rotatable bonds is 1. The third-order valence-corrected chi connectivity index (χ3v) is 5.02. The summed E-state index contributed by atoms with van der Waals surface area (Å²) in [5.41, 5.74) is 1.78. The molecule has 1 saturated carbocycles. The lowest BCUT2D eigenvalue weighted by Gasteiger charge is -2.27. The molecule has 0 bridgehead atoms. The molecule has 1 N–H and O–H groups in total. The van der Waals surface area contributed by atoms with Gasteiger partial charge in [-0.05, 0) is 65.8 Å². The molecule has 0 spiro atoms. The molecule has 1 aliphatic carbocycles. The van der Waals surface area contributed by atoms with Crippen molar-refractivity contribution >= 4 is 39.2 Å². The monoisotopic (exact) mass is 342 g/mol. The molecule has 5 heteroatoms. The van der Waals surface area contributed by atoms with Crippen molar-refractivity contribution < 1.29 is 4.39 Å². The van der Waals surface area contributed by atoms with Crippen LogP contribution in [0.2, 0.25) is 0 Å². The summed E-state index contributed by atoms with van der Waals surface area (Å²) < 4.78 is 17.0. The predicted octanol–water partition coefficient (Wildman–Crippen LogP) is 5.35. The summed E-state index contributed by atoms with van der Waals surface area (Å²) >= 11 is 8.64. The number of aromatic amines is 1. The molecule has 0 saturated heterocycles. The summed E-state index contributed by atoms with van der Waals surface area (Å²) in [6.07, 6.45) is 4.69. The molecule has 19 heavy (non-hydrogen) atoms. The minimum Gasteiger partial charge on any atom is -0.331 e. The Kier molecular flexibility index (Phi) is 3.52. The van der Waals surface area contributed by atoms with E-state index in [0.717, 1.165) is 29.8 Å². The molecule has 0 aliphatic heterocycles. The molecule has 1 aliphatic rings. The van der Waals surface area contributed by atoms with E-state index >= 15 is 0 Å². The Hall–Kier alpha value is -0.680. The first-order valence-electron chi connectivity index (χ1n) is 6.65. The van der Waals surface area contributed by atoms with Gasteiger partial charge in [0.05, 0.1) is 15.5 Å². The van der Waals surface area contributed by atoms with Crippen molar-refractivity contribution in [2.45, 2.75) is 38.6 Å². The number of halogens is 2. The van der Waals surface area contributed by atoms with Gasteiger partial charge in [0.2, 0.25) is 0 Å². The van der Waals surface area contributed by atoms with Gasteiger partial charge >= 0.3 is 0 Å². The van der Waals surface area contributed by atoms with Gasteiger partial charge < -0.3 is 9.55 Å². The van der Waals surface area contributed by atoms with Gasteiger partial charge in [0.1, 0.15) is 5.82 Å². The van der Waals surface area contributed by atoms with Gasteiger partial charge in [-0.1, -0.05) is 6.92 Å². The molecule has 1 aromatic carbocycles. The molecule has 0 radical (unpaired) electrons. The van der Waals surface area contributed by atoms with Gasteiger partial charge in [-0.15, -0.1) is 0 Å². The van der Waals surface area contributed by atoms with Crippen molar-refractivity contribution in [2.24, 2.45) is 5.92 Å². The summed E-state index contributed by atoms with van der Waals surface area (Å²) in [5.74, 6) is 0.556. The van der Waals surface area contributed by atoms with Gasteiger partial charge in [-0.25, -0.2) is 4.39 Å². The van der Waals surface area contributed by atoms with Crippen LogP contribution in [-0.4, -0.2) is 9.55 Å². The zero-order valence-electron chi connectivity index (χ0n) is 10.7. The minimum atomic E-state index is -0.237. The first-order chi connectivity index (χ1) is 9.06. The molecule has 3 rings (SSSR count). The largest absolute Gasteiger partial charge is 0.331 e. The molecular formula is C14H16BrFN2S. The van der Waals surface area contributed by atoms with Crippen LogP contribution in [0.4, 0.5) is 4.39 Å². The van der Waals surface area contributed by atoms with E-state index in [9.17, 15) is 4.39 Å². The van der Waals surface area contributed by atoms with Crippen molar-refractivity contribution in [3.05, 3.63) is 27.2 Å². The minimum absolute atomic E-state index is 0.237. The highest BCUT2D eigenvalue weighted by Gasteiger charge is 2.22. The summed E-state index contributed by atoms with van der Waals surface area (Å²) in [4.78, 5) is 3.18. The Bertz CT molecular complexity index is 668. The van der Waals surface area contributed by atoms with Gasteiger partial charge in [0.25, 0.3) is 0 Å². The summed E-state index contributed by atoms with van der Waals surface area (Å²) in [7, 11) is 0. The molecule has 102 valence electrons. The smallest absolute Gasteiger partial charge is 0.178 e. The van der Waals surface area contributed by atoms with E-state index in [1.165, 1.54) is 12.8 Å². The number of nitrogens with zero attached hydrogens (tertiary/aromatic N) is 1. The summed E-state index contributed by atoms with van der Waals surface area (Å²) in [6, 6.07) is 3.74. The zero-order chi connectivity index (χ0) is 13.6. The topological polar surface area (TPSA) is 20.7 Å². The second kappa shape index (κ2) is 5.02. The second-order valence-electron chi connectivity index (χ2n) is 5.50. The number of benzene rings is 1. The van der Waals surface area contributed by atoms with Crippen LogP contribution in [0.25, 0.3) is 11.0 Å². The average molecular weight is 343 g/mol. The molecular weight excluding hydrogens is 327 g/mol. The first-order valence-corrected chi connectivity index (χ1v) is 7.85. The normalized spacial score (nSPS) is 23.9. The lowest BCUT2D eigenvalue weighted by molar-refractivity contribution is 0.292. The highest BCUT2D eigenvalue weighted by Crippen LogP contribution is 2.35. The zero-order valence-corrected chi connectivity index (χ0v) is 13.2. The molecule has 0 unspecified atom stereocenters. The van der Waals surface area contributed by atoms with Crippen LogP contribution in [0.1, 0.15) is 38.6 Å². The number of aromatic nitrogens is 2. The fourth-order valence-electron chi connectivity index (χ4n) is 2.98. The molecule has 2 nitrogen and oxygen atoms in total. The van der Waals surface area contributed by atoms with E-state index in [0.29, 0.717) is 15.3 Å². The standard InChI is InChI=1S/C14H16BrFN2S/c1-8-2-4-9(5-3-8)18-13-7-11(16)10(15)6-12(13)17-14(18)19/h6-9H,2-5H2,1H3,(H,17,19). The van der Waals surface area contributed by atoms with Crippen LogP contribution in [0, 0.1) is 16.5 Å². The second-order valence-corrected chi connectivity index (χ2v) is 6.74. The van der Waals surface area contributed by atoms with E-state index in [1.54, 1.807) is 12.1 Å². The quantitative estimate of drug-likeness (QED) is 0.692. The highest BCUT2D eigenvalue weighted by atomic mass is 79.9. The van der Waals surface area contributed by atoms with Crippen molar-refractivity contribution in [3.63, 3.8) is 0 Å². The van der Waals surface area contributed by atoms with Gasteiger partial charge in [-0.3, -0.25) is 0 Å². The van der Waals surface area contributed by atoms with Crippen LogP contribution in [-0.2, 0) is 0 Å². The highest BCUT2D eigenvalue weighted by molar-refractivity contribution is 9.10. The van der Waals surface area contributed by atoms with Crippen molar-refractivity contribution in [2.75, 3.05) is 0 Å². The van der Waals surface area contributed by atoms with E-state index in [1.807, 2.05) is 0 Å². The number of imidazole rings is 1. The van der Waals surface area contributed by atoms with Crippen LogP contribution >= 0.6 is 28.1 Å². The molecule has 1 aromatic heterocycles.